The molecule has 0 fully saturated rings. The fraction of sp³-hybridized carbons (Fsp3) is 0.200. The van der Waals surface area contributed by atoms with E-state index < -0.39 is 11.7 Å². The van der Waals surface area contributed by atoms with Crippen LogP contribution in [0.4, 0.5) is 15.9 Å². The van der Waals surface area contributed by atoms with E-state index in [9.17, 15) is 9.18 Å². The molecule has 1 heterocycles. The summed E-state index contributed by atoms with van der Waals surface area (Å²) in [5.41, 5.74) is 0.354. The van der Waals surface area contributed by atoms with E-state index in [1.807, 2.05) is 6.92 Å². The number of nitrogens with zero attached hydrogens (tertiary/aromatic N) is 1. The maximum atomic E-state index is 13.6. The number of anilines is 2. The van der Waals surface area contributed by atoms with E-state index in [-0.39, 0.29) is 10.7 Å². The number of nitrogens with one attached hydrogen (secondary N) is 2. The largest absolute Gasteiger partial charge is 0.370 e. The smallest absolute Gasteiger partial charge is 0.255 e. The van der Waals surface area contributed by atoms with Crippen molar-refractivity contribution in [2.45, 2.75) is 13.3 Å². The molecule has 2 aromatic rings. The number of pyridine rings is 1. The summed E-state index contributed by atoms with van der Waals surface area (Å²) in [4.78, 5) is 16.3. The van der Waals surface area contributed by atoms with Crippen LogP contribution in [0.3, 0.4) is 0 Å². The summed E-state index contributed by atoms with van der Waals surface area (Å²) in [5, 5.41) is 5.72. The molecule has 0 radical (unpaired) electrons. The van der Waals surface area contributed by atoms with Gasteiger partial charge in [-0.15, -0.1) is 0 Å². The molecule has 21 heavy (non-hydrogen) atoms. The second-order valence-corrected chi connectivity index (χ2v) is 4.81. The normalized spacial score (nSPS) is 10.2. The Hall–Kier alpha value is -2.14. The third kappa shape index (κ3) is 3.92. The summed E-state index contributed by atoms with van der Waals surface area (Å²) < 4.78 is 13.6. The SMILES string of the molecule is CCCNc1cc(C(=O)Nc2c(F)cccc2Cl)ccn1. The van der Waals surface area contributed by atoms with Crippen LogP contribution in [0.2, 0.25) is 5.02 Å². The maximum Gasteiger partial charge on any atom is 0.255 e. The van der Waals surface area contributed by atoms with Crippen molar-refractivity contribution in [2.75, 3.05) is 17.2 Å². The fourth-order valence-corrected chi connectivity index (χ4v) is 1.93. The van der Waals surface area contributed by atoms with Crippen LogP contribution >= 0.6 is 11.6 Å². The molecule has 1 aromatic heterocycles. The van der Waals surface area contributed by atoms with Gasteiger partial charge < -0.3 is 10.6 Å². The highest BCUT2D eigenvalue weighted by Gasteiger charge is 2.12. The van der Waals surface area contributed by atoms with Crippen LogP contribution in [0.25, 0.3) is 0 Å². The number of carbonyl (C=O) groups is 1. The van der Waals surface area contributed by atoms with Gasteiger partial charge in [-0.05, 0) is 30.7 Å². The minimum Gasteiger partial charge on any atom is -0.370 e. The molecule has 0 bridgehead atoms. The molecule has 0 atom stereocenters. The molecule has 0 aliphatic rings. The zero-order valence-electron chi connectivity index (χ0n) is 11.5. The highest BCUT2D eigenvalue weighted by Crippen LogP contribution is 2.25. The molecule has 2 N–H and O–H groups in total. The van der Waals surface area contributed by atoms with Gasteiger partial charge in [0.15, 0.2) is 0 Å². The Kier molecular flexibility index (Phi) is 5.11. The first-order valence-electron chi connectivity index (χ1n) is 6.57. The van der Waals surface area contributed by atoms with Gasteiger partial charge in [0.05, 0.1) is 10.7 Å². The van der Waals surface area contributed by atoms with Gasteiger partial charge in [-0.1, -0.05) is 24.6 Å². The van der Waals surface area contributed by atoms with E-state index in [1.165, 1.54) is 24.4 Å². The lowest BCUT2D eigenvalue weighted by Gasteiger charge is -2.09. The number of para-hydroxylation sites is 1. The number of amides is 1. The highest BCUT2D eigenvalue weighted by molar-refractivity contribution is 6.34. The van der Waals surface area contributed by atoms with Crippen molar-refractivity contribution in [2.24, 2.45) is 0 Å². The predicted octanol–water partition coefficient (Wildman–Crippen LogP) is 3.95. The summed E-state index contributed by atoms with van der Waals surface area (Å²) in [6.45, 7) is 2.79. The van der Waals surface area contributed by atoms with Crippen molar-refractivity contribution in [1.82, 2.24) is 4.98 Å². The van der Waals surface area contributed by atoms with Gasteiger partial charge in [0.2, 0.25) is 0 Å². The molecule has 6 heteroatoms. The number of hydrogen-bond acceptors (Lipinski definition) is 3. The van der Waals surface area contributed by atoms with Gasteiger partial charge in [-0.25, -0.2) is 9.37 Å². The number of hydrogen-bond donors (Lipinski definition) is 2. The standard InChI is InChI=1S/C15H15ClFN3O/c1-2-7-18-13-9-10(6-8-19-13)15(21)20-14-11(16)4-3-5-12(14)17/h3-6,8-9H,2,7H2,1H3,(H,18,19)(H,20,21). The Labute approximate surface area is 127 Å². The van der Waals surface area contributed by atoms with Crippen LogP contribution in [0.15, 0.2) is 36.5 Å². The number of carbonyl (C=O) groups excluding carboxylic acids is 1. The molecule has 0 spiro atoms. The number of benzene rings is 1. The van der Waals surface area contributed by atoms with Gasteiger partial charge in [0.25, 0.3) is 5.91 Å². The third-order valence-corrected chi connectivity index (χ3v) is 3.09. The number of aromatic nitrogens is 1. The molecule has 0 aliphatic heterocycles. The molecule has 0 aliphatic carbocycles. The average molecular weight is 308 g/mol. The molecule has 0 unspecified atom stereocenters. The molecule has 1 amide bonds. The highest BCUT2D eigenvalue weighted by atomic mass is 35.5. The molecular weight excluding hydrogens is 293 g/mol. The first kappa shape index (κ1) is 15.3. The van der Waals surface area contributed by atoms with Crippen LogP contribution in [0.1, 0.15) is 23.7 Å². The van der Waals surface area contributed by atoms with Crippen LogP contribution in [0, 0.1) is 5.82 Å². The molecule has 0 saturated carbocycles. The van der Waals surface area contributed by atoms with Crippen molar-refractivity contribution in [1.29, 1.82) is 0 Å². The summed E-state index contributed by atoms with van der Waals surface area (Å²) in [7, 11) is 0. The lowest BCUT2D eigenvalue weighted by atomic mass is 10.2. The molecule has 2 rings (SSSR count). The van der Waals surface area contributed by atoms with Gasteiger partial charge in [0.1, 0.15) is 11.6 Å². The molecule has 4 nitrogen and oxygen atoms in total. The Balaban J connectivity index is 2.17. The quantitative estimate of drug-likeness (QED) is 0.879. The van der Waals surface area contributed by atoms with Crippen LogP contribution in [-0.4, -0.2) is 17.4 Å². The second kappa shape index (κ2) is 7.04. The third-order valence-electron chi connectivity index (χ3n) is 2.78. The van der Waals surface area contributed by atoms with Gasteiger partial charge in [0, 0.05) is 18.3 Å². The predicted molar refractivity (Wildman–Crippen MR) is 82.4 cm³/mol. The second-order valence-electron chi connectivity index (χ2n) is 4.41. The van der Waals surface area contributed by atoms with Crippen LogP contribution in [-0.2, 0) is 0 Å². The topological polar surface area (TPSA) is 54.0 Å². The Bertz CT molecular complexity index is 628. The summed E-state index contributed by atoms with van der Waals surface area (Å²) in [6, 6.07) is 7.40. The molecule has 110 valence electrons. The summed E-state index contributed by atoms with van der Waals surface area (Å²) in [6.07, 6.45) is 2.47. The first-order chi connectivity index (χ1) is 10.1. The zero-order chi connectivity index (χ0) is 15.2. The lowest BCUT2D eigenvalue weighted by molar-refractivity contribution is 0.102. The lowest BCUT2D eigenvalue weighted by Crippen LogP contribution is -2.14. The van der Waals surface area contributed by atoms with Crippen molar-refractivity contribution in [3.63, 3.8) is 0 Å². The monoisotopic (exact) mass is 307 g/mol. The number of rotatable bonds is 5. The van der Waals surface area contributed by atoms with Crippen LogP contribution in [0.5, 0.6) is 0 Å². The van der Waals surface area contributed by atoms with Crippen molar-refractivity contribution in [3.8, 4) is 0 Å². The van der Waals surface area contributed by atoms with E-state index >= 15 is 0 Å². The van der Waals surface area contributed by atoms with Crippen molar-refractivity contribution < 1.29 is 9.18 Å². The van der Waals surface area contributed by atoms with E-state index in [0.717, 1.165) is 13.0 Å². The maximum absolute atomic E-state index is 13.6. The first-order valence-corrected chi connectivity index (χ1v) is 6.95. The summed E-state index contributed by atoms with van der Waals surface area (Å²) >= 11 is 5.88. The Morgan fingerprint density at radius 1 is 1.38 bits per heavy atom. The Morgan fingerprint density at radius 2 is 2.19 bits per heavy atom. The molecule has 1 aromatic carbocycles. The number of halogens is 2. The van der Waals surface area contributed by atoms with Crippen LogP contribution < -0.4 is 10.6 Å². The van der Waals surface area contributed by atoms with Gasteiger partial charge >= 0.3 is 0 Å². The average Bonchev–Trinajstić information content (AvgIpc) is 2.49. The zero-order valence-corrected chi connectivity index (χ0v) is 12.2. The van der Waals surface area contributed by atoms with Crippen molar-refractivity contribution in [3.05, 3.63) is 52.9 Å². The summed E-state index contributed by atoms with van der Waals surface area (Å²) in [5.74, 6) is -0.415. The minimum atomic E-state index is -0.575. The van der Waals surface area contributed by atoms with Crippen molar-refractivity contribution >= 4 is 29.0 Å². The van der Waals surface area contributed by atoms with E-state index in [2.05, 4.69) is 15.6 Å². The van der Waals surface area contributed by atoms with E-state index in [4.69, 9.17) is 11.6 Å². The van der Waals surface area contributed by atoms with Gasteiger partial charge in [-0.2, -0.15) is 0 Å². The van der Waals surface area contributed by atoms with Gasteiger partial charge in [-0.3, -0.25) is 4.79 Å². The molecular formula is C15H15ClFN3O. The molecule has 0 saturated heterocycles. The van der Waals surface area contributed by atoms with E-state index in [0.29, 0.717) is 11.4 Å². The Morgan fingerprint density at radius 3 is 2.90 bits per heavy atom. The minimum absolute atomic E-state index is 0.0240. The fourth-order valence-electron chi connectivity index (χ4n) is 1.72. The van der Waals surface area contributed by atoms with E-state index in [1.54, 1.807) is 12.1 Å².